The quantitative estimate of drug-likeness (QED) is 0.679. The monoisotopic (exact) mass is 410 g/mol. The third kappa shape index (κ3) is 3.72. The molecule has 0 aromatic heterocycles. The number of ether oxygens (including phenoxy) is 1. The number of sulfonamides is 1. The number of hydrogen-bond donors (Lipinski definition) is 0. The van der Waals surface area contributed by atoms with Gasteiger partial charge in [0.15, 0.2) is 0 Å². The van der Waals surface area contributed by atoms with Crippen LogP contribution in [0, 0.1) is 0 Å². The molecule has 2 fully saturated rings. The Balaban J connectivity index is 1.69. The molecule has 1 saturated carbocycles. The molecule has 146 valence electrons. The van der Waals surface area contributed by atoms with E-state index in [1.165, 1.54) is 6.07 Å². The molecule has 2 heterocycles. The van der Waals surface area contributed by atoms with Crippen LogP contribution in [0.2, 0.25) is 5.02 Å². The highest BCUT2D eigenvalue weighted by Crippen LogP contribution is 2.38. The smallest absolute Gasteiger partial charge is 0.339 e. The van der Waals surface area contributed by atoms with Gasteiger partial charge in [0, 0.05) is 13.0 Å². The van der Waals surface area contributed by atoms with Crippen LogP contribution < -0.4 is 4.90 Å². The van der Waals surface area contributed by atoms with Gasteiger partial charge in [0.2, 0.25) is 0 Å². The van der Waals surface area contributed by atoms with Gasteiger partial charge >= 0.3 is 5.97 Å². The molecule has 4 rings (SSSR count). The average Bonchev–Trinajstić information content (AvgIpc) is 2.87. The Morgan fingerprint density at radius 2 is 1.85 bits per heavy atom. The van der Waals surface area contributed by atoms with Crippen molar-refractivity contribution < 1.29 is 17.9 Å². The van der Waals surface area contributed by atoms with Gasteiger partial charge in [0.05, 0.1) is 16.3 Å². The van der Waals surface area contributed by atoms with Gasteiger partial charge in [-0.2, -0.15) is 8.42 Å². The first-order chi connectivity index (χ1) is 13.0. The van der Waals surface area contributed by atoms with E-state index < -0.39 is 16.0 Å². The Hall–Kier alpha value is -1.60. The molecule has 0 radical (unpaired) electrons. The predicted molar refractivity (Wildman–Crippen MR) is 104 cm³/mol. The summed E-state index contributed by atoms with van der Waals surface area (Å²) in [5, 5.41) is 0.218. The highest BCUT2D eigenvalue weighted by atomic mass is 35.5. The summed E-state index contributed by atoms with van der Waals surface area (Å²) in [5.74, 6) is 0.00383. The second-order valence-electron chi connectivity index (χ2n) is 7.41. The van der Waals surface area contributed by atoms with Gasteiger partial charge in [-0.25, -0.2) is 4.79 Å². The van der Waals surface area contributed by atoms with Gasteiger partial charge in [-0.1, -0.05) is 24.4 Å². The van der Waals surface area contributed by atoms with Crippen LogP contribution in [0.15, 0.2) is 21.4 Å². The van der Waals surface area contributed by atoms with Crippen LogP contribution in [0.5, 0.6) is 0 Å². The second kappa shape index (κ2) is 7.43. The van der Waals surface area contributed by atoms with Crippen LogP contribution in [0.3, 0.4) is 0 Å². The van der Waals surface area contributed by atoms with E-state index in [1.54, 1.807) is 6.07 Å². The van der Waals surface area contributed by atoms with E-state index in [9.17, 15) is 13.2 Å². The number of esters is 1. The van der Waals surface area contributed by atoms with Crippen molar-refractivity contribution in [2.45, 2.75) is 68.8 Å². The fourth-order valence-corrected chi connectivity index (χ4v) is 5.55. The maximum absolute atomic E-state index is 12.7. The van der Waals surface area contributed by atoms with Crippen molar-refractivity contribution in [3.05, 3.63) is 22.7 Å². The lowest BCUT2D eigenvalue weighted by atomic mass is 9.98. The molecule has 1 saturated heterocycles. The lowest BCUT2D eigenvalue weighted by Crippen LogP contribution is -2.35. The van der Waals surface area contributed by atoms with Crippen LogP contribution in [0.25, 0.3) is 0 Å². The van der Waals surface area contributed by atoms with Gasteiger partial charge in [0.25, 0.3) is 10.0 Å². The molecule has 8 heteroatoms. The van der Waals surface area contributed by atoms with Gasteiger partial charge in [-0.15, -0.1) is 4.40 Å². The van der Waals surface area contributed by atoms with Crippen molar-refractivity contribution in [3.63, 3.8) is 0 Å². The number of amidine groups is 1. The zero-order valence-electron chi connectivity index (χ0n) is 15.1. The number of carbonyl (C=O) groups is 1. The molecule has 0 bridgehead atoms. The molecule has 1 aromatic carbocycles. The van der Waals surface area contributed by atoms with E-state index in [2.05, 4.69) is 4.40 Å². The number of benzene rings is 1. The molecule has 27 heavy (non-hydrogen) atoms. The number of rotatable bonds is 2. The Morgan fingerprint density at radius 3 is 2.63 bits per heavy atom. The predicted octanol–water partition coefficient (Wildman–Crippen LogP) is 4.31. The second-order valence-corrected chi connectivity index (χ2v) is 9.39. The summed E-state index contributed by atoms with van der Waals surface area (Å²) in [6.45, 7) is 0.698. The summed E-state index contributed by atoms with van der Waals surface area (Å²) in [7, 11) is -3.85. The molecule has 2 aliphatic heterocycles. The largest absolute Gasteiger partial charge is 0.459 e. The third-order valence-electron chi connectivity index (χ3n) is 5.48. The molecule has 6 nitrogen and oxygen atoms in total. The summed E-state index contributed by atoms with van der Waals surface area (Å²) in [6.07, 6.45) is 8.33. The van der Waals surface area contributed by atoms with Crippen LogP contribution >= 0.6 is 11.6 Å². The number of carbonyl (C=O) groups excluding carboxylic acids is 1. The normalized spacial score (nSPS) is 22.3. The topological polar surface area (TPSA) is 76.0 Å². The van der Waals surface area contributed by atoms with Crippen molar-refractivity contribution in [3.8, 4) is 0 Å². The number of nitrogens with zero attached hydrogens (tertiary/aromatic N) is 2. The van der Waals surface area contributed by atoms with Gasteiger partial charge < -0.3 is 9.64 Å². The standard InChI is InChI=1S/C19H23ClN2O4S/c20-15-12-16-17(11-14(15)19(23)26-13-7-3-1-4-8-13)27(24,25)21-18-9-5-2-6-10-22(16)18/h11-13H,1-10H2. The van der Waals surface area contributed by atoms with Crippen LogP contribution in [0.1, 0.15) is 68.1 Å². The third-order valence-corrected chi connectivity index (χ3v) is 7.13. The highest BCUT2D eigenvalue weighted by molar-refractivity contribution is 7.90. The maximum atomic E-state index is 12.7. The number of halogens is 1. The minimum absolute atomic E-state index is 0.0353. The van der Waals surface area contributed by atoms with Crippen LogP contribution in [-0.2, 0) is 14.8 Å². The lowest BCUT2D eigenvalue weighted by Gasteiger charge is -2.30. The fourth-order valence-electron chi connectivity index (χ4n) is 4.05. The fraction of sp³-hybridized carbons (Fsp3) is 0.579. The SMILES string of the molecule is O=C(OC1CCCCC1)c1cc2c(cc1Cl)N1CCCCCC1=NS2(=O)=O. The Morgan fingerprint density at radius 1 is 1.11 bits per heavy atom. The van der Waals surface area contributed by atoms with Crippen molar-refractivity contribution in [1.29, 1.82) is 0 Å². The van der Waals surface area contributed by atoms with Crippen molar-refractivity contribution in [2.24, 2.45) is 4.40 Å². The molecule has 1 aromatic rings. The summed E-state index contributed by atoms with van der Waals surface area (Å²) in [4.78, 5) is 14.6. The van der Waals surface area contributed by atoms with Crippen molar-refractivity contribution >= 4 is 39.1 Å². The average molecular weight is 411 g/mol. The lowest BCUT2D eigenvalue weighted by molar-refractivity contribution is 0.0211. The van der Waals surface area contributed by atoms with E-state index in [1.807, 2.05) is 4.90 Å². The van der Waals surface area contributed by atoms with Crippen LogP contribution in [-0.4, -0.2) is 32.9 Å². The van der Waals surface area contributed by atoms with E-state index in [4.69, 9.17) is 16.3 Å². The first kappa shape index (κ1) is 18.7. The van der Waals surface area contributed by atoms with Crippen LogP contribution in [0.4, 0.5) is 5.69 Å². The van der Waals surface area contributed by atoms with Crippen molar-refractivity contribution in [1.82, 2.24) is 0 Å². The zero-order chi connectivity index (χ0) is 19.0. The van der Waals surface area contributed by atoms with E-state index in [-0.39, 0.29) is 21.6 Å². The van der Waals surface area contributed by atoms with E-state index in [0.29, 0.717) is 24.5 Å². The molecular formula is C19H23ClN2O4S. The van der Waals surface area contributed by atoms with E-state index in [0.717, 1.165) is 51.4 Å². The molecule has 1 aliphatic carbocycles. The summed E-state index contributed by atoms with van der Waals surface area (Å²) in [5.41, 5.74) is 0.610. The van der Waals surface area contributed by atoms with Gasteiger partial charge in [-0.05, 0) is 50.7 Å². The first-order valence-corrected chi connectivity index (χ1v) is 11.4. The minimum Gasteiger partial charge on any atom is -0.459 e. The summed E-state index contributed by atoms with van der Waals surface area (Å²) < 4.78 is 35.0. The highest BCUT2D eigenvalue weighted by Gasteiger charge is 2.34. The number of fused-ring (bicyclic) bond motifs is 3. The molecule has 0 spiro atoms. The molecule has 0 N–H and O–H groups in total. The molecular weight excluding hydrogens is 388 g/mol. The zero-order valence-corrected chi connectivity index (χ0v) is 16.7. The van der Waals surface area contributed by atoms with E-state index >= 15 is 0 Å². The Bertz CT molecular complexity index is 891. The summed E-state index contributed by atoms with van der Waals surface area (Å²) >= 11 is 6.38. The minimum atomic E-state index is -3.85. The number of hydrogen-bond acceptors (Lipinski definition) is 5. The maximum Gasteiger partial charge on any atom is 0.339 e. The molecule has 0 unspecified atom stereocenters. The molecule has 3 aliphatic rings. The van der Waals surface area contributed by atoms with Crippen molar-refractivity contribution in [2.75, 3.05) is 11.4 Å². The first-order valence-electron chi connectivity index (χ1n) is 9.61. The molecule has 0 amide bonds. The number of anilines is 1. The Labute approximate surface area is 164 Å². The summed E-state index contributed by atoms with van der Waals surface area (Å²) in [6, 6.07) is 2.91. The van der Waals surface area contributed by atoms with Gasteiger partial charge in [0.1, 0.15) is 16.8 Å². The Kier molecular flexibility index (Phi) is 5.16. The molecule has 0 atom stereocenters. The van der Waals surface area contributed by atoms with Gasteiger partial charge in [-0.3, -0.25) is 0 Å².